The van der Waals surface area contributed by atoms with Gasteiger partial charge < -0.3 is 53.7 Å². The first-order chi connectivity index (χ1) is 33.1. The number of anilines is 1. The third-order valence-corrected chi connectivity index (χ3v) is 11.7. The molecule has 0 spiro atoms. The third-order valence-electron chi connectivity index (χ3n) is 11.7. The molecule has 5 N–H and O–H groups in total. The van der Waals surface area contributed by atoms with Crippen molar-refractivity contribution in [2.75, 3.05) is 32.6 Å². The van der Waals surface area contributed by atoms with Crippen LogP contribution in [0, 0.1) is 23.7 Å². The van der Waals surface area contributed by atoms with Gasteiger partial charge in [-0.05, 0) is 49.9 Å². The number of aryl methyl sites for hydroxylation is 4. The van der Waals surface area contributed by atoms with E-state index in [0.29, 0.717) is 19.4 Å². The average molecular weight is 1150 g/mol. The van der Waals surface area contributed by atoms with E-state index in [9.17, 15) is 34.5 Å². The van der Waals surface area contributed by atoms with Gasteiger partial charge in [0.2, 0.25) is 5.91 Å². The van der Waals surface area contributed by atoms with E-state index >= 15 is 0 Å². The summed E-state index contributed by atoms with van der Waals surface area (Å²) in [6, 6.07) is 9.52. The molecule has 0 saturated carbocycles. The number of carbonyl (C=O) groups excluding carboxylic acids is 1. The van der Waals surface area contributed by atoms with E-state index in [-0.39, 0.29) is 26.2 Å². The molecule has 0 radical (unpaired) electrons. The first-order valence-corrected chi connectivity index (χ1v) is 22.7. The van der Waals surface area contributed by atoms with E-state index in [4.69, 9.17) is 9.47 Å². The summed E-state index contributed by atoms with van der Waals surface area (Å²) in [6.45, 7) is 4.07. The maximum Gasteiger partial charge on any atom is 0.310 e. The summed E-state index contributed by atoms with van der Waals surface area (Å²) in [6.07, 6.45) is 19.4. The molecule has 6 heterocycles. The van der Waals surface area contributed by atoms with Gasteiger partial charge in [-0.2, -0.15) is 0 Å². The Hall–Kier alpha value is -6.62. The Morgan fingerprint density at radius 1 is 0.600 bits per heavy atom. The van der Waals surface area contributed by atoms with Crippen molar-refractivity contribution >= 4 is 29.5 Å². The first kappa shape index (κ1) is 57.7. The molecule has 0 aliphatic heterocycles. The maximum absolute atomic E-state index is 13.4. The van der Waals surface area contributed by atoms with Crippen LogP contribution in [0.5, 0.6) is 0 Å². The van der Waals surface area contributed by atoms with E-state index in [1.807, 2.05) is 102 Å². The molecule has 0 saturated heterocycles. The van der Waals surface area contributed by atoms with Gasteiger partial charge in [-0.3, -0.25) is 29.1 Å². The van der Waals surface area contributed by atoms with Gasteiger partial charge in [-0.15, -0.1) is 0 Å². The van der Waals surface area contributed by atoms with Gasteiger partial charge in [0, 0.05) is 143 Å². The maximum atomic E-state index is 13.4. The van der Waals surface area contributed by atoms with E-state index in [1.54, 1.807) is 44.1 Å². The minimum atomic E-state index is -1.52. The number of ether oxygens (including phenoxy) is 2. The summed E-state index contributed by atoms with van der Waals surface area (Å²) >= 11 is 0. The van der Waals surface area contributed by atoms with Crippen molar-refractivity contribution in [2.24, 2.45) is 51.9 Å². The topological polar surface area (TPSA) is 269 Å². The zero-order chi connectivity index (χ0) is 50.5. The summed E-state index contributed by atoms with van der Waals surface area (Å²) in [5.41, 5.74) is 2.53. The van der Waals surface area contributed by atoms with Gasteiger partial charge in [-0.25, -0.2) is 19.9 Å². The number of aliphatic carboxylic acids is 3. The summed E-state index contributed by atoms with van der Waals surface area (Å²) in [5, 5.41) is 35.5. The predicted octanol–water partition coefficient (Wildman–Crippen LogP) is 5.44. The van der Waals surface area contributed by atoms with Crippen molar-refractivity contribution in [3.8, 4) is 34.7 Å². The SMILES string of the molecule is CCC(OC)C(C(=O)NCCCCCCNc1ccnc(-c2ccccn2)c1)C(CC(OC)C(C(=O)O)C(C)C(=O)O)C(=O)O.Cn1ccnc1-c1nccn1C.Cn1ccnc1-c1nccn1C.[Os]. The molecule has 70 heavy (non-hydrogen) atoms. The normalized spacial score (nSPS) is 13.4. The molecule has 0 aromatic carbocycles. The Morgan fingerprint density at radius 3 is 1.50 bits per heavy atom. The number of pyridine rings is 2. The fraction of sp³-hybridized carbons (Fsp3) is 0.458. The monoisotopic (exact) mass is 1150 g/mol. The Morgan fingerprint density at radius 2 is 1.10 bits per heavy atom. The molecule has 6 unspecified atom stereocenters. The molecule has 22 heteroatoms. The fourth-order valence-electron chi connectivity index (χ4n) is 7.75. The number of unbranched alkanes of at least 4 members (excludes halogenated alkanes) is 3. The van der Waals surface area contributed by atoms with Crippen molar-refractivity contribution in [3.05, 3.63) is 92.3 Å². The summed E-state index contributed by atoms with van der Waals surface area (Å²) in [4.78, 5) is 74.8. The van der Waals surface area contributed by atoms with Crippen LogP contribution in [0.1, 0.15) is 52.4 Å². The third kappa shape index (κ3) is 16.5. The molecule has 6 atom stereocenters. The van der Waals surface area contributed by atoms with Crippen LogP contribution in [0.2, 0.25) is 0 Å². The van der Waals surface area contributed by atoms with Crippen molar-refractivity contribution in [3.63, 3.8) is 0 Å². The molecule has 0 bridgehead atoms. The first-order valence-electron chi connectivity index (χ1n) is 22.7. The number of amides is 1. The molecule has 0 fully saturated rings. The Kier molecular flexibility index (Phi) is 24.2. The Bertz CT molecular complexity index is 2350. The molecule has 1 amide bonds. The molecule has 6 aromatic rings. The Balaban J connectivity index is 0.000000412. The van der Waals surface area contributed by atoms with Crippen molar-refractivity contribution in [1.29, 1.82) is 0 Å². The zero-order valence-corrected chi connectivity index (χ0v) is 43.4. The predicted molar refractivity (Wildman–Crippen MR) is 257 cm³/mol. The molecule has 21 nitrogen and oxygen atoms in total. The summed E-state index contributed by atoms with van der Waals surface area (Å²) < 4.78 is 18.6. The van der Waals surface area contributed by atoms with Gasteiger partial charge >= 0.3 is 17.9 Å². The van der Waals surface area contributed by atoms with Crippen LogP contribution in [0.15, 0.2) is 92.3 Å². The molecule has 6 rings (SSSR count). The fourth-order valence-corrected chi connectivity index (χ4v) is 7.75. The second kappa shape index (κ2) is 29.4. The number of carboxylic acids is 3. The number of methoxy groups -OCH3 is 2. The zero-order valence-electron chi connectivity index (χ0n) is 40.9. The number of nitrogens with zero attached hydrogens (tertiary/aromatic N) is 10. The van der Waals surface area contributed by atoms with Crippen molar-refractivity contribution in [2.45, 2.75) is 64.6 Å². The van der Waals surface area contributed by atoms with Gasteiger partial charge in [-0.1, -0.05) is 32.8 Å². The van der Waals surface area contributed by atoms with Gasteiger partial charge in [0.05, 0.1) is 47.3 Å². The number of hydrogen-bond acceptors (Lipinski definition) is 13. The summed E-state index contributed by atoms with van der Waals surface area (Å²) in [5.74, 6) is -6.44. The number of aromatic nitrogens is 10. The second-order valence-electron chi connectivity index (χ2n) is 16.4. The smallest absolute Gasteiger partial charge is 0.310 e. The molecule has 0 aliphatic rings. The standard InChI is InChI=1S/C32H46N4O9.2C8H10N4.Os/c1-5-25(44-3)28(22(31(40)41)19-26(45-4)27(32(42)43)20(2)30(38)39)29(37)36-16-10-7-6-9-14-33-21-13-17-35-24(18-21)23-12-8-11-15-34-23;2*1-11-5-3-9-7(11)8-10-4-6-12(8)2;/h8,11-13,15,17-18,20,22,25-28H,5-7,9-10,14,16,19H2,1-4H3,(H,33,35)(H,36,37)(H,38,39)(H,40,41)(H,42,43);2*3-6H,1-2H3;. The average Bonchev–Trinajstić information content (AvgIpc) is 4.17. The van der Waals surface area contributed by atoms with Crippen LogP contribution in [0.3, 0.4) is 0 Å². The van der Waals surface area contributed by atoms with Crippen molar-refractivity contribution in [1.82, 2.24) is 53.5 Å². The van der Waals surface area contributed by atoms with E-state index in [2.05, 4.69) is 40.5 Å². The Labute approximate surface area is 421 Å². The van der Waals surface area contributed by atoms with Crippen LogP contribution < -0.4 is 10.6 Å². The summed E-state index contributed by atoms with van der Waals surface area (Å²) in [7, 11) is 10.4. The quantitative estimate of drug-likeness (QED) is 0.0472. The van der Waals surface area contributed by atoms with Crippen molar-refractivity contribution < 1.29 is 63.8 Å². The largest absolute Gasteiger partial charge is 0.481 e. The number of imidazole rings is 4. The number of carbonyl (C=O) groups is 4. The van der Waals surface area contributed by atoms with Crippen LogP contribution >= 0.6 is 0 Å². The second-order valence-corrected chi connectivity index (χ2v) is 16.4. The van der Waals surface area contributed by atoms with Crippen LogP contribution in [0.4, 0.5) is 5.69 Å². The van der Waals surface area contributed by atoms with Gasteiger partial charge in [0.1, 0.15) is 0 Å². The number of nitrogens with one attached hydrogen (secondary N) is 2. The molecular formula is C48H66N12O9Os. The van der Waals surface area contributed by atoms with Crippen LogP contribution in [-0.4, -0.2) is 127 Å². The van der Waals surface area contributed by atoms with Crippen LogP contribution in [-0.2, 0) is 76.6 Å². The van der Waals surface area contributed by atoms with Gasteiger partial charge in [0.15, 0.2) is 23.3 Å². The van der Waals surface area contributed by atoms with Gasteiger partial charge in [0.25, 0.3) is 0 Å². The molecule has 0 aliphatic carbocycles. The minimum Gasteiger partial charge on any atom is -0.481 e. The molecule has 380 valence electrons. The van der Waals surface area contributed by atoms with E-state index in [1.165, 1.54) is 21.1 Å². The number of rotatable bonds is 24. The number of carboxylic acid groups (broad SMARTS) is 3. The molecule has 6 aromatic heterocycles. The van der Waals surface area contributed by atoms with E-state index < -0.39 is 59.7 Å². The van der Waals surface area contributed by atoms with Crippen LogP contribution in [0.25, 0.3) is 34.7 Å². The van der Waals surface area contributed by atoms with E-state index in [0.717, 1.165) is 66.2 Å². The number of hydrogen-bond donors (Lipinski definition) is 5. The minimum absolute atomic E-state index is 0. The molecular weight excluding hydrogens is 1080 g/mol.